The minimum atomic E-state index is 0.233. The standard InChI is InChI=1S/2C15H14O3/c2*16-13-4-1-10(2-5-13)12-7-11-3-6-14(17)8-15(11)18-9-12/h2*1-6,8,12,16-17H,7,9H2/t2*12-/m11/s1. The molecule has 6 heteroatoms. The molecule has 0 aliphatic carbocycles. The average Bonchev–Trinajstić information content (AvgIpc) is 2.89. The molecule has 0 amide bonds. The predicted molar refractivity (Wildman–Crippen MR) is 136 cm³/mol. The summed E-state index contributed by atoms with van der Waals surface area (Å²) in [4.78, 5) is 0. The van der Waals surface area contributed by atoms with Crippen LogP contribution >= 0.6 is 0 Å². The first-order valence-corrected chi connectivity index (χ1v) is 11.9. The van der Waals surface area contributed by atoms with E-state index in [-0.39, 0.29) is 23.0 Å². The Morgan fingerprint density at radius 3 is 1.22 bits per heavy atom. The van der Waals surface area contributed by atoms with Crippen LogP contribution in [-0.4, -0.2) is 33.6 Å². The first-order chi connectivity index (χ1) is 17.4. The van der Waals surface area contributed by atoms with Crippen molar-refractivity contribution in [1.82, 2.24) is 0 Å². The fraction of sp³-hybridized carbons (Fsp3) is 0.200. The van der Waals surface area contributed by atoms with Crippen LogP contribution in [0.2, 0.25) is 0 Å². The maximum absolute atomic E-state index is 9.39. The van der Waals surface area contributed by atoms with Crippen LogP contribution < -0.4 is 9.47 Å². The molecule has 0 spiro atoms. The summed E-state index contributed by atoms with van der Waals surface area (Å²) in [7, 11) is 0. The van der Waals surface area contributed by atoms with Gasteiger partial charge in [-0.15, -0.1) is 0 Å². The molecule has 4 N–H and O–H groups in total. The normalized spacial score (nSPS) is 17.9. The summed E-state index contributed by atoms with van der Waals surface area (Å²) in [5, 5.41) is 37.4. The van der Waals surface area contributed by atoms with E-state index < -0.39 is 0 Å². The Balaban J connectivity index is 0.000000148. The Hall–Kier alpha value is -4.32. The van der Waals surface area contributed by atoms with E-state index in [1.807, 2.05) is 36.4 Å². The molecule has 4 aromatic carbocycles. The highest BCUT2D eigenvalue weighted by Crippen LogP contribution is 2.36. The Morgan fingerprint density at radius 2 is 0.833 bits per heavy atom. The van der Waals surface area contributed by atoms with Crippen LogP contribution in [0, 0.1) is 0 Å². The second kappa shape index (κ2) is 10.1. The molecule has 6 nitrogen and oxygen atoms in total. The van der Waals surface area contributed by atoms with Gasteiger partial charge in [0.15, 0.2) is 0 Å². The molecule has 2 aliphatic heterocycles. The van der Waals surface area contributed by atoms with Crippen molar-refractivity contribution in [2.75, 3.05) is 13.2 Å². The van der Waals surface area contributed by atoms with Gasteiger partial charge in [0.1, 0.15) is 34.5 Å². The number of hydrogen-bond donors (Lipinski definition) is 4. The van der Waals surface area contributed by atoms with Gasteiger partial charge >= 0.3 is 0 Å². The van der Waals surface area contributed by atoms with Crippen LogP contribution in [-0.2, 0) is 12.8 Å². The number of phenolic OH excluding ortho intramolecular Hbond substituents is 4. The third-order valence-electron chi connectivity index (χ3n) is 6.64. The molecule has 2 aliphatic rings. The summed E-state index contributed by atoms with van der Waals surface area (Å²) in [5.41, 5.74) is 4.53. The Bertz CT molecular complexity index is 1230. The molecule has 0 unspecified atom stereocenters. The number of aromatic hydroxyl groups is 4. The van der Waals surface area contributed by atoms with E-state index in [2.05, 4.69) is 0 Å². The summed E-state index contributed by atoms with van der Waals surface area (Å²) in [6, 6.07) is 25.0. The molecule has 0 bridgehead atoms. The smallest absolute Gasteiger partial charge is 0.126 e. The van der Waals surface area contributed by atoms with Crippen LogP contribution in [0.25, 0.3) is 0 Å². The van der Waals surface area contributed by atoms with Crippen molar-refractivity contribution in [3.05, 3.63) is 107 Å². The number of rotatable bonds is 2. The average molecular weight is 485 g/mol. The fourth-order valence-corrected chi connectivity index (χ4v) is 4.64. The maximum atomic E-state index is 9.39. The molecule has 36 heavy (non-hydrogen) atoms. The quantitative estimate of drug-likeness (QED) is 0.294. The molecule has 0 saturated carbocycles. The van der Waals surface area contributed by atoms with Gasteiger partial charge in [0, 0.05) is 24.0 Å². The van der Waals surface area contributed by atoms with Gasteiger partial charge in [-0.3, -0.25) is 0 Å². The third-order valence-corrected chi connectivity index (χ3v) is 6.64. The van der Waals surface area contributed by atoms with Crippen molar-refractivity contribution in [3.8, 4) is 34.5 Å². The van der Waals surface area contributed by atoms with Crippen molar-refractivity contribution < 1.29 is 29.9 Å². The van der Waals surface area contributed by atoms with E-state index in [4.69, 9.17) is 9.47 Å². The molecular formula is C30H28O6. The topological polar surface area (TPSA) is 99.4 Å². The second-order valence-corrected chi connectivity index (χ2v) is 9.19. The molecule has 2 atom stereocenters. The van der Waals surface area contributed by atoms with Crippen LogP contribution in [0.15, 0.2) is 84.9 Å². The van der Waals surface area contributed by atoms with Gasteiger partial charge in [0.05, 0.1) is 13.2 Å². The first-order valence-electron chi connectivity index (χ1n) is 11.9. The predicted octanol–water partition coefficient (Wildman–Crippen LogP) is 5.63. The van der Waals surface area contributed by atoms with Crippen LogP contribution in [0.5, 0.6) is 34.5 Å². The van der Waals surface area contributed by atoms with Crippen molar-refractivity contribution in [1.29, 1.82) is 0 Å². The van der Waals surface area contributed by atoms with Crippen LogP contribution in [0.4, 0.5) is 0 Å². The number of phenols is 4. The van der Waals surface area contributed by atoms with Gasteiger partial charge in [0.2, 0.25) is 0 Å². The Kier molecular flexibility index (Phi) is 6.58. The second-order valence-electron chi connectivity index (χ2n) is 9.19. The number of hydrogen-bond acceptors (Lipinski definition) is 6. The molecule has 6 rings (SSSR count). The van der Waals surface area contributed by atoms with Gasteiger partial charge in [-0.2, -0.15) is 0 Å². The molecular weight excluding hydrogens is 456 g/mol. The molecule has 184 valence electrons. The molecule has 4 aromatic rings. The highest BCUT2D eigenvalue weighted by molar-refractivity contribution is 5.44. The zero-order valence-electron chi connectivity index (χ0n) is 19.7. The summed E-state index contributed by atoms with van der Waals surface area (Å²) in [6.45, 7) is 1.20. The van der Waals surface area contributed by atoms with E-state index in [0.717, 1.165) is 46.6 Å². The van der Waals surface area contributed by atoms with Crippen molar-refractivity contribution >= 4 is 0 Å². The lowest BCUT2D eigenvalue weighted by Gasteiger charge is -2.25. The lowest BCUT2D eigenvalue weighted by atomic mass is 9.90. The largest absolute Gasteiger partial charge is 0.508 e. The van der Waals surface area contributed by atoms with Crippen molar-refractivity contribution in [3.63, 3.8) is 0 Å². The fourth-order valence-electron chi connectivity index (χ4n) is 4.64. The Morgan fingerprint density at radius 1 is 0.472 bits per heavy atom. The van der Waals surface area contributed by atoms with Crippen LogP contribution in [0.1, 0.15) is 34.1 Å². The third kappa shape index (κ3) is 5.33. The number of fused-ring (bicyclic) bond motifs is 2. The highest BCUT2D eigenvalue weighted by Gasteiger charge is 2.22. The summed E-state index contributed by atoms with van der Waals surface area (Å²) in [5.74, 6) is 3.15. The van der Waals surface area contributed by atoms with Gasteiger partial charge < -0.3 is 29.9 Å². The SMILES string of the molecule is Oc1ccc([C@H]2COc3cc(O)ccc3C2)cc1.Oc1ccc([C@H]2COc3cc(O)ccc3C2)cc1. The molecule has 2 heterocycles. The molecule has 0 radical (unpaired) electrons. The molecule has 0 fully saturated rings. The zero-order valence-corrected chi connectivity index (χ0v) is 19.7. The van der Waals surface area contributed by atoms with Crippen LogP contribution in [0.3, 0.4) is 0 Å². The van der Waals surface area contributed by atoms with E-state index in [1.165, 1.54) is 0 Å². The van der Waals surface area contributed by atoms with Gasteiger partial charge in [-0.05, 0) is 71.5 Å². The molecule has 0 aromatic heterocycles. The number of ether oxygens (including phenoxy) is 2. The van der Waals surface area contributed by atoms with Crippen molar-refractivity contribution in [2.45, 2.75) is 24.7 Å². The summed E-state index contributed by atoms with van der Waals surface area (Å²) in [6.07, 6.45) is 1.78. The highest BCUT2D eigenvalue weighted by atomic mass is 16.5. The van der Waals surface area contributed by atoms with E-state index in [9.17, 15) is 20.4 Å². The lowest BCUT2D eigenvalue weighted by molar-refractivity contribution is 0.261. The minimum Gasteiger partial charge on any atom is -0.508 e. The van der Waals surface area contributed by atoms with E-state index in [1.54, 1.807) is 48.5 Å². The molecule has 0 saturated heterocycles. The van der Waals surface area contributed by atoms with Crippen molar-refractivity contribution in [2.24, 2.45) is 0 Å². The lowest BCUT2D eigenvalue weighted by Crippen LogP contribution is -2.18. The minimum absolute atomic E-state index is 0.233. The zero-order chi connectivity index (χ0) is 25.1. The number of benzene rings is 4. The van der Waals surface area contributed by atoms with Gasteiger partial charge in [0.25, 0.3) is 0 Å². The Labute approximate surface area is 209 Å². The maximum Gasteiger partial charge on any atom is 0.126 e. The first kappa shape index (κ1) is 23.4. The summed E-state index contributed by atoms with van der Waals surface area (Å²) < 4.78 is 11.4. The van der Waals surface area contributed by atoms with E-state index >= 15 is 0 Å². The van der Waals surface area contributed by atoms with Gasteiger partial charge in [-0.1, -0.05) is 36.4 Å². The summed E-state index contributed by atoms with van der Waals surface area (Å²) >= 11 is 0. The van der Waals surface area contributed by atoms with E-state index in [0.29, 0.717) is 25.0 Å². The van der Waals surface area contributed by atoms with Gasteiger partial charge in [-0.25, -0.2) is 0 Å². The monoisotopic (exact) mass is 484 g/mol.